The fourth-order valence-electron chi connectivity index (χ4n) is 4.67. The Labute approximate surface area is 159 Å². The lowest BCUT2D eigenvalue weighted by atomic mass is 9.85. The Morgan fingerprint density at radius 2 is 1.67 bits per heavy atom. The van der Waals surface area contributed by atoms with Crippen LogP contribution in [0.2, 0.25) is 0 Å². The highest BCUT2D eigenvalue weighted by Crippen LogP contribution is 2.52. The number of likely N-dealkylation sites (tertiary alicyclic amines) is 2. The van der Waals surface area contributed by atoms with Crippen molar-refractivity contribution >= 4 is 41.8 Å². The molecule has 6 nitrogen and oxygen atoms in total. The van der Waals surface area contributed by atoms with Crippen LogP contribution in [0.1, 0.15) is 25.7 Å². The van der Waals surface area contributed by atoms with Crippen molar-refractivity contribution in [2.75, 3.05) is 26.2 Å². The van der Waals surface area contributed by atoms with Crippen LogP contribution in [0.4, 0.5) is 0 Å². The monoisotopic (exact) mass is 444 g/mol. The van der Waals surface area contributed by atoms with Crippen LogP contribution in [0, 0.1) is 23.7 Å². The first-order valence-corrected chi connectivity index (χ1v) is 8.75. The Hall–Kier alpha value is -1.12. The molecule has 132 valence electrons. The second-order valence-electron chi connectivity index (χ2n) is 7.12. The van der Waals surface area contributed by atoms with Crippen molar-refractivity contribution in [3.05, 3.63) is 12.2 Å². The van der Waals surface area contributed by atoms with Gasteiger partial charge in [0.2, 0.25) is 11.8 Å². The van der Waals surface area contributed by atoms with E-state index in [1.165, 1.54) is 11.3 Å². The summed E-state index contributed by atoms with van der Waals surface area (Å²) in [5, 5.41) is 0. The van der Waals surface area contributed by atoms with E-state index >= 15 is 0 Å². The molecule has 3 fully saturated rings. The first kappa shape index (κ1) is 17.7. The van der Waals surface area contributed by atoms with Crippen molar-refractivity contribution in [2.24, 2.45) is 34.4 Å². The molecule has 0 aromatic carbocycles. The fourth-order valence-corrected chi connectivity index (χ4v) is 4.67. The van der Waals surface area contributed by atoms with Gasteiger partial charge in [-0.05, 0) is 37.5 Å². The molecule has 2 heterocycles. The third-order valence-corrected chi connectivity index (χ3v) is 5.84. The molecule has 4 atom stereocenters. The standard InChI is InChI=1S/C17H24N4O2.HI/c18-17(20-7-2-1-3-8-20)19-6-9-21-15(22)13-11-4-5-12(10-11)14(13)16(21)23;/h4-5,11-14H,1-3,6-10H2,(H2,18,19);1H. The zero-order chi connectivity index (χ0) is 16.0. The molecule has 24 heavy (non-hydrogen) atoms. The number of carbonyl (C=O) groups is 2. The predicted octanol–water partition coefficient (Wildman–Crippen LogP) is 1.21. The quantitative estimate of drug-likeness (QED) is 0.234. The third-order valence-electron chi connectivity index (χ3n) is 5.84. The van der Waals surface area contributed by atoms with Gasteiger partial charge in [0.05, 0.1) is 18.4 Å². The number of imide groups is 1. The van der Waals surface area contributed by atoms with E-state index in [1.807, 2.05) is 0 Å². The molecule has 2 aliphatic carbocycles. The van der Waals surface area contributed by atoms with Crippen molar-refractivity contribution in [1.29, 1.82) is 0 Å². The molecular weight excluding hydrogens is 419 g/mol. The van der Waals surface area contributed by atoms with Gasteiger partial charge < -0.3 is 10.6 Å². The average molecular weight is 444 g/mol. The maximum atomic E-state index is 12.5. The van der Waals surface area contributed by atoms with Gasteiger partial charge in [0.25, 0.3) is 0 Å². The van der Waals surface area contributed by atoms with Crippen molar-refractivity contribution in [2.45, 2.75) is 25.7 Å². The number of hydrogen-bond acceptors (Lipinski definition) is 3. The van der Waals surface area contributed by atoms with Gasteiger partial charge in [-0.15, -0.1) is 24.0 Å². The number of nitrogens with two attached hydrogens (primary N) is 1. The highest BCUT2D eigenvalue weighted by atomic mass is 127. The number of piperidine rings is 1. The molecule has 0 aromatic heterocycles. The largest absolute Gasteiger partial charge is 0.370 e. The summed E-state index contributed by atoms with van der Waals surface area (Å²) in [4.78, 5) is 33.0. The smallest absolute Gasteiger partial charge is 0.233 e. The predicted molar refractivity (Wildman–Crippen MR) is 102 cm³/mol. The topological polar surface area (TPSA) is 79.0 Å². The lowest BCUT2D eigenvalue weighted by molar-refractivity contribution is -0.140. The molecule has 2 aliphatic heterocycles. The van der Waals surface area contributed by atoms with E-state index in [0.717, 1.165) is 32.4 Å². The number of nitrogens with zero attached hydrogens (tertiary/aromatic N) is 3. The molecule has 7 heteroatoms. The number of fused-ring (bicyclic) bond motifs is 5. The lowest BCUT2D eigenvalue weighted by Gasteiger charge is -2.27. The first-order chi connectivity index (χ1) is 11.2. The maximum absolute atomic E-state index is 12.5. The van der Waals surface area contributed by atoms with Crippen molar-refractivity contribution in [3.63, 3.8) is 0 Å². The number of hydrogen-bond donors (Lipinski definition) is 1. The zero-order valence-electron chi connectivity index (χ0n) is 13.8. The van der Waals surface area contributed by atoms with E-state index in [2.05, 4.69) is 22.0 Å². The molecule has 1 saturated carbocycles. The van der Waals surface area contributed by atoms with Crippen LogP contribution in [0.15, 0.2) is 17.1 Å². The summed E-state index contributed by atoms with van der Waals surface area (Å²) in [6.07, 6.45) is 8.76. The number of allylic oxidation sites excluding steroid dienone is 2. The molecule has 0 aromatic rings. The normalized spacial score (nSPS) is 34.8. The number of guanidine groups is 1. The molecular formula is C17H25IN4O2. The highest BCUT2D eigenvalue weighted by Gasteiger charge is 2.58. The third kappa shape index (κ3) is 2.84. The van der Waals surface area contributed by atoms with Crippen molar-refractivity contribution < 1.29 is 9.59 Å². The summed E-state index contributed by atoms with van der Waals surface area (Å²) < 4.78 is 0. The molecule has 2 bridgehead atoms. The van der Waals surface area contributed by atoms with Crippen LogP contribution in [0.25, 0.3) is 0 Å². The summed E-state index contributed by atoms with van der Waals surface area (Å²) in [7, 11) is 0. The number of amides is 2. The van der Waals surface area contributed by atoms with Crippen LogP contribution in [0.5, 0.6) is 0 Å². The Balaban J connectivity index is 0.00000169. The van der Waals surface area contributed by atoms with Gasteiger partial charge in [-0.25, -0.2) is 0 Å². The number of aliphatic imine (C=N–C) groups is 1. The Morgan fingerprint density at radius 3 is 2.25 bits per heavy atom. The SMILES string of the molecule is I.NC(=NCCN1C(=O)C2C3C=CC(C3)C2C1=O)N1CCCCC1. The van der Waals surface area contributed by atoms with Gasteiger partial charge in [-0.3, -0.25) is 19.5 Å². The Kier molecular flexibility index (Phi) is 5.17. The molecule has 4 unspecified atom stereocenters. The van der Waals surface area contributed by atoms with E-state index in [-0.39, 0.29) is 59.5 Å². The van der Waals surface area contributed by atoms with Crippen LogP contribution in [-0.2, 0) is 9.59 Å². The molecule has 4 aliphatic rings. The minimum absolute atomic E-state index is 0. The molecule has 2 saturated heterocycles. The van der Waals surface area contributed by atoms with E-state index in [1.54, 1.807) is 0 Å². The summed E-state index contributed by atoms with van der Waals surface area (Å²) in [6, 6.07) is 0. The second kappa shape index (κ2) is 7.01. The summed E-state index contributed by atoms with van der Waals surface area (Å²) in [5.74, 6) is 0.876. The molecule has 4 rings (SSSR count). The number of carbonyl (C=O) groups excluding carboxylic acids is 2. The zero-order valence-corrected chi connectivity index (χ0v) is 16.1. The fraction of sp³-hybridized carbons (Fsp3) is 0.706. The van der Waals surface area contributed by atoms with Crippen LogP contribution < -0.4 is 5.73 Å². The van der Waals surface area contributed by atoms with Crippen molar-refractivity contribution in [3.8, 4) is 0 Å². The second-order valence-corrected chi connectivity index (χ2v) is 7.12. The molecule has 0 spiro atoms. The van der Waals surface area contributed by atoms with Crippen LogP contribution in [-0.4, -0.2) is 53.8 Å². The van der Waals surface area contributed by atoms with Crippen LogP contribution >= 0.6 is 24.0 Å². The van der Waals surface area contributed by atoms with Gasteiger partial charge in [-0.1, -0.05) is 12.2 Å². The van der Waals surface area contributed by atoms with E-state index < -0.39 is 0 Å². The highest BCUT2D eigenvalue weighted by molar-refractivity contribution is 14.0. The minimum Gasteiger partial charge on any atom is -0.370 e. The average Bonchev–Trinajstić information content (AvgIpc) is 3.25. The number of rotatable bonds is 3. The van der Waals surface area contributed by atoms with Gasteiger partial charge in [0, 0.05) is 19.6 Å². The first-order valence-electron chi connectivity index (χ1n) is 8.75. The van der Waals surface area contributed by atoms with Gasteiger partial charge in [0.1, 0.15) is 0 Å². The van der Waals surface area contributed by atoms with Crippen molar-refractivity contribution in [1.82, 2.24) is 9.80 Å². The van der Waals surface area contributed by atoms with Gasteiger partial charge in [-0.2, -0.15) is 0 Å². The Bertz CT molecular complexity index is 555. The van der Waals surface area contributed by atoms with Gasteiger partial charge in [0.15, 0.2) is 5.96 Å². The summed E-state index contributed by atoms with van der Waals surface area (Å²) in [5.41, 5.74) is 6.03. The summed E-state index contributed by atoms with van der Waals surface area (Å²) in [6.45, 7) is 2.67. The Morgan fingerprint density at radius 1 is 1.08 bits per heavy atom. The summed E-state index contributed by atoms with van der Waals surface area (Å²) >= 11 is 0. The van der Waals surface area contributed by atoms with E-state index in [9.17, 15) is 9.59 Å². The van der Waals surface area contributed by atoms with E-state index in [0.29, 0.717) is 19.0 Å². The maximum Gasteiger partial charge on any atom is 0.233 e. The van der Waals surface area contributed by atoms with Gasteiger partial charge >= 0.3 is 0 Å². The van der Waals surface area contributed by atoms with E-state index in [4.69, 9.17) is 5.73 Å². The van der Waals surface area contributed by atoms with Crippen LogP contribution in [0.3, 0.4) is 0 Å². The lowest BCUT2D eigenvalue weighted by Crippen LogP contribution is -2.41. The molecule has 0 radical (unpaired) electrons. The minimum atomic E-state index is -0.110. The molecule has 2 amide bonds. The molecule has 2 N–H and O–H groups in total. The number of halogens is 1.